The number of para-hydroxylation sites is 1. The number of furan rings is 1. The summed E-state index contributed by atoms with van der Waals surface area (Å²) >= 11 is 5.91. The second-order valence-corrected chi connectivity index (χ2v) is 7.58. The molecule has 1 N–H and O–H groups in total. The highest BCUT2D eigenvalue weighted by molar-refractivity contribution is 6.30. The number of fused-ring (bicyclic) bond motifs is 1. The number of carbonyl (C=O) groups excluding carboxylic acids is 2. The Kier molecular flexibility index (Phi) is 4.85. The van der Waals surface area contributed by atoms with Crippen LogP contribution in [0, 0.1) is 0 Å². The summed E-state index contributed by atoms with van der Waals surface area (Å²) in [5.41, 5.74) is 0.997. The molecule has 3 aromatic rings. The Balaban J connectivity index is 1.34. The van der Waals surface area contributed by atoms with Crippen LogP contribution in [0.25, 0.3) is 11.0 Å². The lowest BCUT2D eigenvalue weighted by atomic mass is 9.96. The normalized spacial score (nSPS) is 15.8. The molecular weight excluding hydrogens is 378 g/mol. The SMILES string of the molecule is C[C@@H](NC(=O)COC(=O)C1(c2ccc(Cl)cc2)CC1)c1cc2ccccc2o1. The van der Waals surface area contributed by atoms with E-state index in [1.807, 2.05) is 49.4 Å². The Labute approximate surface area is 167 Å². The number of carbonyl (C=O) groups is 2. The number of nitrogens with one attached hydrogen (secondary N) is 1. The molecule has 6 heteroatoms. The Morgan fingerprint density at radius 1 is 1.18 bits per heavy atom. The van der Waals surface area contributed by atoms with E-state index in [1.165, 1.54) is 0 Å². The summed E-state index contributed by atoms with van der Waals surface area (Å²) in [4.78, 5) is 24.8. The minimum Gasteiger partial charge on any atom is -0.459 e. The molecule has 5 nitrogen and oxygen atoms in total. The van der Waals surface area contributed by atoms with Gasteiger partial charge in [0.05, 0.1) is 11.5 Å². The molecule has 2 aromatic carbocycles. The van der Waals surface area contributed by atoms with Crippen molar-refractivity contribution in [3.05, 3.63) is 70.9 Å². The quantitative estimate of drug-likeness (QED) is 0.620. The van der Waals surface area contributed by atoms with E-state index in [9.17, 15) is 9.59 Å². The molecule has 144 valence electrons. The predicted molar refractivity (Wildman–Crippen MR) is 106 cm³/mol. The first-order chi connectivity index (χ1) is 13.5. The number of ether oxygens (including phenoxy) is 1. The molecule has 1 atom stereocenters. The largest absolute Gasteiger partial charge is 0.459 e. The molecule has 4 rings (SSSR count). The molecule has 0 saturated heterocycles. The number of hydrogen-bond acceptors (Lipinski definition) is 4. The second-order valence-electron chi connectivity index (χ2n) is 7.14. The Morgan fingerprint density at radius 3 is 2.57 bits per heavy atom. The fourth-order valence-electron chi connectivity index (χ4n) is 3.34. The maximum absolute atomic E-state index is 12.5. The molecule has 0 bridgehead atoms. The van der Waals surface area contributed by atoms with Gasteiger partial charge in [-0.2, -0.15) is 0 Å². The fourth-order valence-corrected chi connectivity index (χ4v) is 3.47. The minimum atomic E-state index is -0.644. The number of rotatable bonds is 6. The van der Waals surface area contributed by atoms with Crippen LogP contribution in [0.4, 0.5) is 0 Å². The van der Waals surface area contributed by atoms with Crippen molar-refractivity contribution in [1.29, 1.82) is 0 Å². The molecule has 0 spiro atoms. The molecule has 1 amide bonds. The van der Waals surface area contributed by atoms with E-state index in [-0.39, 0.29) is 24.5 Å². The fraction of sp³-hybridized carbons (Fsp3) is 0.273. The lowest BCUT2D eigenvalue weighted by Gasteiger charge is -2.16. The van der Waals surface area contributed by atoms with Crippen molar-refractivity contribution >= 4 is 34.4 Å². The molecule has 28 heavy (non-hydrogen) atoms. The Bertz CT molecular complexity index is 987. The first kappa shape index (κ1) is 18.6. The van der Waals surface area contributed by atoms with Crippen LogP contribution in [-0.2, 0) is 19.7 Å². The van der Waals surface area contributed by atoms with E-state index in [0.717, 1.165) is 16.5 Å². The predicted octanol–water partition coefficient (Wildman–Crippen LogP) is 4.54. The summed E-state index contributed by atoms with van der Waals surface area (Å²) in [6.45, 7) is 1.51. The standard InChI is InChI=1S/C22H20ClNO4/c1-14(19-12-15-4-2-3-5-18(15)28-19)24-20(25)13-27-21(26)22(10-11-22)16-6-8-17(23)9-7-16/h2-9,12,14H,10-11,13H2,1H3,(H,24,25)/t14-/m1/s1. The van der Waals surface area contributed by atoms with Crippen LogP contribution < -0.4 is 5.32 Å². The molecule has 1 fully saturated rings. The summed E-state index contributed by atoms with van der Waals surface area (Å²) < 4.78 is 11.1. The van der Waals surface area contributed by atoms with Crippen molar-refractivity contribution in [2.75, 3.05) is 6.61 Å². The number of hydrogen-bond donors (Lipinski definition) is 1. The zero-order valence-corrected chi connectivity index (χ0v) is 16.2. The summed E-state index contributed by atoms with van der Waals surface area (Å²) in [7, 11) is 0. The van der Waals surface area contributed by atoms with E-state index in [1.54, 1.807) is 12.1 Å². The van der Waals surface area contributed by atoms with Gasteiger partial charge in [0.15, 0.2) is 6.61 Å². The number of halogens is 1. The lowest BCUT2D eigenvalue weighted by Crippen LogP contribution is -2.33. The van der Waals surface area contributed by atoms with E-state index in [4.69, 9.17) is 20.8 Å². The number of benzene rings is 2. The van der Waals surface area contributed by atoms with Crippen molar-refractivity contribution < 1.29 is 18.7 Å². The monoisotopic (exact) mass is 397 g/mol. The average Bonchev–Trinajstić information content (AvgIpc) is 3.38. The smallest absolute Gasteiger partial charge is 0.317 e. The molecule has 1 aliphatic rings. The summed E-state index contributed by atoms with van der Waals surface area (Å²) in [6, 6.07) is 16.4. The van der Waals surface area contributed by atoms with E-state index in [2.05, 4.69) is 5.32 Å². The van der Waals surface area contributed by atoms with Gasteiger partial charge in [0.1, 0.15) is 11.3 Å². The number of amides is 1. The Morgan fingerprint density at radius 2 is 1.89 bits per heavy atom. The highest BCUT2D eigenvalue weighted by atomic mass is 35.5. The third-order valence-electron chi connectivity index (χ3n) is 5.12. The molecule has 0 radical (unpaired) electrons. The average molecular weight is 398 g/mol. The minimum absolute atomic E-state index is 0.321. The van der Waals surface area contributed by atoms with Crippen LogP contribution in [0.1, 0.15) is 37.1 Å². The van der Waals surface area contributed by atoms with Gasteiger partial charge in [-0.25, -0.2) is 0 Å². The maximum Gasteiger partial charge on any atom is 0.317 e. The van der Waals surface area contributed by atoms with Crippen molar-refractivity contribution in [3.8, 4) is 0 Å². The van der Waals surface area contributed by atoms with Crippen LogP contribution in [0.2, 0.25) is 5.02 Å². The molecule has 0 unspecified atom stereocenters. The molecular formula is C22H20ClNO4. The molecule has 1 aliphatic carbocycles. The summed E-state index contributed by atoms with van der Waals surface area (Å²) in [5, 5.41) is 4.40. The van der Waals surface area contributed by atoms with Gasteiger partial charge >= 0.3 is 5.97 Å². The van der Waals surface area contributed by atoms with Crippen LogP contribution in [0.5, 0.6) is 0 Å². The first-order valence-electron chi connectivity index (χ1n) is 9.19. The highest BCUT2D eigenvalue weighted by Crippen LogP contribution is 2.49. The molecule has 1 heterocycles. The van der Waals surface area contributed by atoms with Crippen LogP contribution >= 0.6 is 11.6 Å². The third kappa shape index (κ3) is 3.62. The van der Waals surface area contributed by atoms with Gasteiger partial charge in [-0.05, 0) is 49.6 Å². The maximum atomic E-state index is 12.5. The lowest BCUT2D eigenvalue weighted by molar-refractivity contribution is -0.151. The second kappa shape index (κ2) is 7.32. The summed E-state index contributed by atoms with van der Waals surface area (Å²) in [6.07, 6.45) is 1.43. The van der Waals surface area contributed by atoms with Gasteiger partial charge in [0, 0.05) is 10.4 Å². The van der Waals surface area contributed by atoms with Gasteiger partial charge in [-0.15, -0.1) is 0 Å². The van der Waals surface area contributed by atoms with Gasteiger partial charge in [0.2, 0.25) is 0 Å². The molecule has 1 saturated carbocycles. The molecule has 1 aromatic heterocycles. The van der Waals surface area contributed by atoms with Gasteiger partial charge in [-0.3, -0.25) is 9.59 Å². The van der Waals surface area contributed by atoms with Gasteiger partial charge in [-0.1, -0.05) is 41.9 Å². The topological polar surface area (TPSA) is 68.5 Å². The van der Waals surface area contributed by atoms with Crippen molar-refractivity contribution in [2.24, 2.45) is 0 Å². The van der Waals surface area contributed by atoms with Crippen molar-refractivity contribution in [3.63, 3.8) is 0 Å². The van der Waals surface area contributed by atoms with Crippen LogP contribution in [0.3, 0.4) is 0 Å². The van der Waals surface area contributed by atoms with E-state index in [0.29, 0.717) is 23.6 Å². The van der Waals surface area contributed by atoms with E-state index >= 15 is 0 Å². The van der Waals surface area contributed by atoms with E-state index < -0.39 is 5.41 Å². The zero-order valence-electron chi connectivity index (χ0n) is 15.4. The van der Waals surface area contributed by atoms with Gasteiger partial charge in [0.25, 0.3) is 5.91 Å². The summed E-state index contributed by atoms with van der Waals surface area (Å²) in [5.74, 6) is -0.0877. The van der Waals surface area contributed by atoms with Crippen molar-refractivity contribution in [2.45, 2.75) is 31.2 Å². The van der Waals surface area contributed by atoms with Crippen molar-refractivity contribution in [1.82, 2.24) is 5.32 Å². The van der Waals surface area contributed by atoms with Crippen LogP contribution in [0.15, 0.2) is 59.0 Å². The molecule has 0 aliphatic heterocycles. The van der Waals surface area contributed by atoms with Crippen LogP contribution in [-0.4, -0.2) is 18.5 Å². The highest BCUT2D eigenvalue weighted by Gasteiger charge is 2.52. The number of esters is 1. The van der Waals surface area contributed by atoms with Gasteiger partial charge < -0.3 is 14.5 Å². The first-order valence-corrected chi connectivity index (χ1v) is 9.57. The Hall–Kier alpha value is -2.79. The zero-order chi connectivity index (χ0) is 19.7. The third-order valence-corrected chi connectivity index (χ3v) is 5.37.